The maximum Gasteiger partial charge on any atom is 0.434 e. The monoisotopic (exact) mass is 591 g/mol. The summed E-state index contributed by atoms with van der Waals surface area (Å²) in [6, 6.07) is 7.01. The standard InChI is InChI=1S/C26H28F3N7O6/c1-39-10-11-41-16-4-2-15(3-5-16)21-19(14-37)36(25(38)42-21)20-12-18(32-24(33-20)35-6-8-40-9-7-35)17-13-31-23(30)34-22(17)26(27,28)29/h2-5,12-13,19,21,37H,6-11,14H2,1H3,(H2,30,31,34). The Morgan fingerprint density at radius 3 is 2.52 bits per heavy atom. The van der Waals surface area contributed by atoms with Gasteiger partial charge in [-0.3, -0.25) is 4.90 Å². The highest BCUT2D eigenvalue weighted by Crippen LogP contribution is 2.40. The number of ether oxygens (including phenoxy) is 4. The Kier molecular flexibility index (Phi) is 8.56. The van der Waals surface area contributed by atoms with Gasteiger partial charge in [0.1, 0.15) is 24.2 Å². The van der Waals surface area contributed by atoms with Crippen LogP contribution in [0.1, 0.15) is 17.4 Å². The molecule has 3 N–H and O–H groups in total. The van der Waals surface area contributed by atoms with E-state index in [0.29, 0.717) is 50.8 Å². The first kappa shape index (κ1) is 29.2. The largest absolute Gasteiger partial charge is 0.491 e. The van der Waals surface area contributed by atoms with Crippen molar-refractivity contribution in [2.24, 2.45) is 0 Å². The summed E-state index contributed by atoms with van der Waals surface area (Å²) >= 11 is 0. The molecule has 2 unspecified atom stereocenters. The predicted molar refractivity (Wildman–Crippen MR) is 142 cm³/mol. The van der Waals surface area contributed by atoms with Crippen LogP contribution in [-0.4, -0.2) is 90.4 Å². The van der Waals surface area contributed by atoms with Crippen LogP contribution in [0.5, 0.6) is 5.75 Å². The molecule has 2 aliphatic heterocycles. The van der Waals surface area contributed by atoms with Gasteiger partial charge in [-0.25, -0.2) is 19.7 Å². The Labute approximate surface area is 238 Å². The van der Waals surface area contributed by atoms with Crippen LogP contribution in [0.2, 0.25) is 0 Å². The van der Waals surface area contributed by atoms with Gasteiger partial charge in [0.15, 0.2) is 11.8 Å². The van der Waals surface area contributed by atoms with Crippen molar-refractivity contribution in [2.45, 2.75) is 18.3 Å². The molecule has 3 aromatic rings. The quantitative estimate of drug-likeness (QED) is 0.351. The number of alkyl halides is 3. The van der Waals surface area contributed by atoms with E-state index in [2.05, 4.69) is 19.9 Å². The molecule has 2 aliphatic rings. The van der Waals surface area contributed by atoms with E-state index in [0.717, 1.165) is 11.1 Å². The number of hydrogen-bond acceptors (Lipinski definition) is 12. The van der Waals surface area contributed by atoms with Crippen molar-refractivity contribution in [2.75, 3.05) is 68.8 Å². The maximum absolute atomic E-state index is 14.0. The second kappa shape index (κ2) is 12.3. The van der Waals surface area contributed by atoms with Crippen molar-refractivity contribution >= 4 is 23.8 Å². The third-order valence-corrected chi connectivity index (χ3v) is 6.65. The van der Waals surface area contributed by atoms with Crippen LogP contribution in [0.3, 0.4) is 0 Å². The van der Waals surface area contributed by atoms with Crippen LogP contribution < -0.4 is 20.3 Å². The summed E-state index contributed by atoms with van der Waals surface area (Å²) in [5.74, 6) is -0.00625. The average molecular weight is 592 g/mol. The molecule has 0 saturated carbocycles. The lowest BCUT2D eigenvalue weighted by Gasteiger charge is -2.29. The number of amides is 1. The second-order valence-electron chi connectivity index (χ2n) is 9.33. The molecule has 16 heteroatoms. The lowest BCUT2D eigenvalue weighted by molar-refractivity contribution is -0.140. The fourth-order valence-electron chi connectivity index (χ4n) is 4.63. The summed E-state index contributed by atoms with van der Waals surface area (Å²) in [6.07, 6.45) is -5.71. The van der Waals surface area contributed by atoms with Crippen molar-refractivity contribution < 1.29 is 42.0 Å². The van der Waals surface area contributed by atoms with E-state index in [1.165, 1.54) is 6.07 Å². The number of aliphatic hydroxyl groups excluding tert-OH is 1. The number of carbonyl (C=O) groups excluding carboxylic acids is 1. The summed E-state index contributed by atoms with van der Waals surface area (Å²) in [5.41, 5.74) is 4.08. The molecular formula is C26H28F3N7O6. The van der Waals surface area contributed by atoms with Crippen LogP contribution in [0.15, 0.2) is 36.5 Å². The van der Waals surface area contributed by atoms with Crippen molar-refractivity contribution in [3.63, 3.8) is 0 Å². The zero-order valence-corrected chi connectivity index (χ0v) is 22.5. The summed E-state index contributed by atoms with van der Waals surface area (Å²) in [5, 5.41) is 10.4. The predicted octanol–water partition coefficient (Wildman–Crippen LogP) is 2.46. The fraction of sp³-hybridized carbons (Fsp3) is 0.423. The smallest absolute Gasteiger partial charge is 0.434 e. The molecule has 2 fully saturated rings. The SMILES string of the molecule is COCCOc1ccc(C2OC(=O)N(c3cc(-c4cnc(N)nc4C(F)(F)F)nc(N4CCOCC4)n3)C2CO)cc1. The Morgan fingerprint density at radius 2 is 1.86 bits per heavy atom. The van der Waals surface area contributed by atoms with Gasteiger partial charge in [-0.1, -0.05) is 12.1 Å². The highest BCUT2D eigenvalue weighted by atomic mass is 19.4. The molecule has 0 spiro atoms. The molecule has 1 aromatic carbocycles. The number of nitrogens with two attached hydrogens (primary N) is 1. The van der Waals surface area contributed by atoms with E-state index in [9.17, 15) is 23.1 Å². The van der Waals surface area contributed by atoms with Gasteiger partial charge in [-0.2, -0.15) is 18.2 Å². The van der Waals surface area contributed by atoms with E-state index >= 15 is 0 Å². The molecule has 1 amide bonds. The van der Waals surface area contributed by atoms with Crippen molar-refractivity contribution in [1.82, 2.24) is 19.9 Å². The number of aromatic nitrogens is 4. The van der Waals surface area contributed by atoms with E-state index < -0.39 is 48.2 Å². The lowest BCUT2D eigenvalue weighted by Crippen LogP contribution is -2.40. The molecule has 2 saturated heterocycles. The second-order valence-corrected chi connectivity index (χ2v) is 9.33. The van der Waals surface area contributed by atoms with Gasteiger partial charge < -0.3 is 34.7 Å². The Morgan fingerprint density at radius 1 is 1.12 bits per heavy atom. The summed E-state index contributed by atoms with van der Waals surface area (Å²) in [4.78, 5) is 32.1. The number of benzene rings is 1. The Hall–Kier alpha value is -4.28. The minimum atomic E-state index is -4.87. The molecule has 224 valence electrons. The van der Waals surface area contributed by atoms with Crippen LogP contribution in [0.4, 0.5) is 35.7 Å². The topological polar surface area (TPSA) is 158 Å². The summed E-state index contributed by atoms with van der Waals surface area (Å²) in [7, 11) is 1.56. The first-order valence-electron chi connectivity index (χ1n) is 12.9. The number of hydrogen-bond donors (Lipinski definition) is 2. The zero-order valence-electron chi connectivity index (χ0n) is 22.5. The van der Waals surface area contributed by atoms with Gasteiger partial charge in [-0.15, -0.1) is 0 Å². The van der Waals surface area contributed by atoms with Crippen LogP contribution in [-0.2, 0) is 20.4 Å². The van der Waals surface area contributed by atoms with Gasteiger partial charge in [-0.05, 0) is 17.7 Å². The van der Waals surface area contributed by atoms with Gasteiger partial charge in [0.25, 0.3) is 0 Å². The number of morpholine rings is 1. The highest BCUT2D eigenvalue weighted by molar-refractivity contribution is 5.91. The number of anilines is 3. The van der Waals surface area contributed by atoms with Crippen molar-refractivity contribution in [1.29, 1.82) is 0 Å². The van der Waals surface area contributed by atoms with Gasteiger partial charge in [0.05, 0.1) is 32.1 Å². The first-order valence-corrected chi connectivity index (χ1v) is 12.9. The number of aliphatic hydroxyl groups is 1. The maximum atomic E-state index is 14.0. The molecule has 42 heavy (non-hydrogen) atoms. The van der Waals surface area contributed by atoms with E-state index in [1.54, 1.807) is 36.3 Å². The molecule has 0 radical (unpaired) electrons. The lowest BCUT2D eigenvalue weighted by atomic mass is 10.0. The minimum absolute atomic E-state index is 0.0567. The van der Waals surface area contributed by atoms with Gasteiger partial charge >= 0.3 is 12.3 Å². The third-order valence-electron chi connectivity index (χ3n) is 6.65. The van der Waals surface area contributed by atoms with Gasteiger partial charge in [0.2, 0.25) is 11.9 Å². The molecule has 2 atom stereocenters. The zero-order chi connectivity index (χ0) is 29.9. The number of carbonyl (C=O) groups is 1. The number of nitrogen functional groups attached to an aromatic ring is 1. The Bertz CT molecular complexity index is 1410. The molecular weight excluding hydrogens is 563 g/mol. The number of nitrogens with zero attached hydrogens (tertiary/aromatic N) is 6. The molecule has 2 aromatic heterocycles. The molecule has 0 aliphatic carbocycles. The van der Waals surface area contributed by atoms with E-state index in [4.69, 9.17) is 24.7 Å². The van der Waals surface area contributed by atoms with Crippen molar-refractivity contribution in [3.05, 3.63) is 47.8 Å². The van der Waals surface area contributed by atoms with Crippen LogP contribution in [0, 0.1) is 0 Å². The Balaban J connectivity index is 1.54. The molecule has 4 heterocycles. The van der Waals surface area contributed by atoms with E-state index in [-0.39, 0.29) is 17.5 Å². The number of halogens is 3. The summed E-state index contributed by atoms with van der Waals surface area (Å²) in [6.45, 7) is 1.64. The fourth-order valence-corrected chi connectivity index (χ4v) is 4.63. The van der Waals surface area contributed by atoms with E-state index in [1.807, 2.05) is 0 Å². The molecule has 13 nitrogen and oxygen atoms in total. The number of rotatable bonds is 9. The molecule has 5 rings (SSSR count). The number of methoxy groups -OCH3 is 1. The normalized spacial score (nSPS) is 19.2. The highest BCUT2D eigenvalue weighted by Gasteiger charge is 2.45. The molecule has 0 bridgehead atoms. The summed E-state index contributed by atoms with van der Waals surface area (Å²) < 4.78 is 63.4. The third kappa shape index (κ3) is 6.14. The van der Waals surface area contributed by atoms with Gasteiger partial charge in [0, 0.05) is 38.0 Å². The average Bonchev–Trinajstić information content (AvgIpc) is 3.33. The minimum Gasteiger partial charge on any atom is -0.491 e. The number of cyclic esters (lactones) is 1. The van der Waals surface area contributed by atoms with Crippen molar-refractivity contribution in [3.8, 4) is 17.0 Å². The van der Waals surface area contributed by atoms with Crippen LogP contribution in [0.25, 0.3) is 11.3 Å². The first-order chi connectivity index (χ1) is 20.2. The van der Waals surface area contributed by atoms with Crippen LogP contribution >= 0.6 is 0 Å².